The number of hydrogen-bond acceptors (Lipinski definition) is 1. The Morgan fingerprint density at radius 1 is 1.43 bits per heavy atom. The minimum absolute atomic E-state index is 0.250. The molecule has 0 saturated carbocycles. The second-order valence-corrected chi connectivity index (χ2v) is 8.17. The zero-order valence-corrected chi connectivity index (χ0v) is 6.93. The van der Waals surface area contributed by atoms with Gasteiger partial charge in [-0.25, -0.2) is 0 Å². The van der Waals surface area contributed by atoms with Crippen molar-refractivity contribution >= 4 is 35.5 Å². The number of carbonyl (C=O) groups is 1. The van der Waals surface area contributed by atoms with Crippen LogP contribution in [-0.2, 0) is 17.8 Å². The van der Waals surface area contributed by atoms with Crippen molar-refractivity contribution in [3.8, 4) is 0 Å². The fraction of sp³-hybridized carbons (Fsp3) is 0. The molecular weight excluding hydrogens is 251 g/mol. The first-order valence-electron chi connectivity index (χ1n) is 0.895. The standard InChI is InChI=1S/CH2O2.3ClH.Ru/c2-1-3;;;;/h1H,(H,2,3);3*1H;/q;;;;+3/p-3. The number of rotatable bonds is 0. The third kappa shape index (κ3) is 185. The van der Waals surface area contributed by atoms with Crippen LogP contribution in [0, 0.1) is 0 Å². The second kappa shape index (κ2) is 10.1. The Balaban J connectivity index is 0. The first kappa shape index (κ1) is 10.9. The quantitative estimate of drug-likeness (QED) is 0.528. The van der Waals surface area contributed by atoms with Crippen LogP contribution in [0.3, 0.4) is 0 Å². The number of carboxylic acid groups (broad SMARTS) is 1. The van der Waals surface area contributed by atoms with Crippen molar-refractivity contribution in [2.45, 2.75) is 0 Å². The van der Waals surface area contributed by atoms with Gasteiger partial charge in [0.2, 0.25) is 0 Å². The Morgan fingerprint density at radius 3 is 1.43 bits per heavy atom. The molecule has 0 aromatic rings. The van der Waals surface area contributed by atoms with Crippen LogP contribution in [0.2, 0.25) is 0 Å². The van der Waals surface area contributed by atoms with Gasteiger partial charge in [-0.2, -0.15) is 0 Å². The molecule has 0 bridgehead atoms. The van der Waals surface area contributed by atoms with Gasteiger partial charge in [0.05, 0.1) is 0 Å². The predicted molar refractivity (Wildman–Crippen MR) is 26.3 cm³/mol. The molecule has 7 heavy (non-hydrogen) atoms. The first-order chi connectivity index (χ1) is 3.15. The van der Waals surface area contributed by atoms with Crippen molar-refractivity contribution in [2.75, 3.05) is 0 Å². The molecule has 6 heteroatoms. The summed E-state index contributed by atoms with van der Waals surface area (Å²) in [6.45, 7) is -0.250. The summed E-state index contributed by atoms with van der Waals surface area (Å²) < 4.78 is 0. The molecule has 0 heterocycles. The van der Waals surface area contributed by atoms with Crippen molar-refractivity contribution in [3.63, 3.8) is 0 Å². The van der Waals surface area contributed by atoms with Crippen LogP contribution >= 0.6 is 29.1 Å². The zero-order valence-electron chi connectivity index (χ0n) is 2.92. The molecule has 0 aromatic heterocycles. The number of hydrogen-bond donors (Lipinski definition) is 1. The molecule has 1 N–H and O–H groups in total. The average Bonchev–Trinajstić information content (AvgIpc) is 1.33. The van der Waals surface area contributed by atoms with E-state index in [9.17, 15) is 0 Å². The van der Waals surface area contributed by atoms with E-state index in [4.69, 9.17) is 39.0 Å². The van der Waals surface area contributed by atoms with E-state index in [1.54, 1.807) is 0 Å². The van der Waals surface area contributed by atoms with E-state index in [2.05, 4.69) is 0 Å². The third-order valence-electron chi connectivity index (χ3n) is 0. The van der Waals surface area contributed by atoms with Crippen LogP contribution in [0.25, 0.3) is 0 Å². The van der Waals surface area contributed by atoms with E-state index in [-0.39, 0.29) is 6.47 Å². The second-order valence-electron chi connectivity index (χ2n) is 0.257. The van der Waals surface area contributed by atoms with Crippen LogP contribution in [0.1, 0.15) is 0 Å². The fourth-order valence-electron chi connectivity index (χ4n) is 0. The van der Waals surface area contributed by atoms with E-state index in [0.29, 0.717) is 0 Å². The van der Waals surface area contributed by atoms with Crippen molar-refractivity contribution in [3.05, 3.63) is 0 Å². The van der Waals surface area contributed by atoms with Crippen molar-refractivity contribution in [2.24, 2.45) is 0 Å². The SMILES string of the molecule is O=CO.[Cl][Ru]([Cl])[Cl]. The van der Waals surface area contributed by atoms with Gasteiger partial charge in [-0.1, -0.05) is 0 Å². The van der Waals surface area contributed by atoms with Crippen LogP contribution in [0.5, 0.6) is 0 Å². The Hall–Kier alpha value is 0.963. The van der Waals surface area contributed by atoms with E-state index in [1.807, 2.05) is 0 Å². The summed E-state index contributed by atoms with van der Waals surface area (Å²) >= 11 is -1.75. The van der Waals surface area contributed by atoms with E-state index in [0.717, 1.165) is 0 Å². The molecule has 0 fully saturated rings. The van der Waals surface area contributed by atoms with E-state index < -0.39 is 13.0 Å². The van der Waals surface area contributed by atoms with Gasteiger partial charge in [0.1, 0.15) is 0 Å². The molecule has 0 amide bonds. The molecule has 0 aliphatic rings. The summed E-state index contributed by atoms with van der Waals surface area (Å²) in [4.78, 5) is 8.36. The molecule has 0 aromatic carbocycles. The first-order valence-corrected chi connectivity index (χ1v) is 7.61. The molecule has 0 rings (SSSR count). The molecular formula is CH2Cl3O2Ru. The van der Waals surface area contributed by atoms with Gasteiger partial charge in [0.15, 0.2) is 0 Å². The summed E-state index contributed by atoms with van der Waals surface area (Å²) in [5.74, 6) is 0. The molecule has 0 atom stereocenters. The predicted octanol–water partition coefficient (Wildman–Crippen LogP) is 1.77. The molecule has 0 unspecified atom stereocenters. The van der Waals surface area contributed by atoms with Gasteiger partial charge in [-0.3, -0.25) is 4.79 Å². The van der Waals surface area contributed by atoms with Gasteiger partial charge in [-0.05, 0) is 0 Å². The Bertz CT molecular complexity index is 37.2. The van der Waals surface area contributed by atoms with Crippen LogP contribution in [-0.4, -0.2) is 11.6 Å². The van der Waals surface area contributed by atoms with Crippen molar-refractivity contribution < 1.29 is 22.9 Å². The van der Waals surface area contributed by atoms with Crippen LogP contribution in [0.15, 0.2) is 0 Å². The molecule has 0 aliphatic carbocycles. The Kier molecular flexibility index (Phi) is 15.6. The van der Waals surface area contributed by atoms with Crippen LogP contribution in [0.4, 0.5) is 0 Å². The molecule has 2 nitrogen and oxygen atoms in total. The Labute approximate surface area is 58.4 Å². The summed E-state index contributed by atoms with van der Waals surface area (Å²) in [7, 11) is 14.8. The van der Waals surface area contributed by atoms with Gasteiger partial charge in [0, 0.05) is 0 Å². The molecule has 0 radical (unpaired) electrons. The fourth-order valence-corrected chi connectivity index (χ4v) is 0. The average molecular weight is 253 g/mol. The molecule has 0 saturated heterocycles. The third-order valence-corrected chi connectivity index (χ3v) is 0. The summed E-state index contributed by atoms with van der Waals surface area (Å²) in [6, 6.07) is 0. The van der Waals surface area contributed by atoms with Crippen molar-refractivity contribution in [1.29, 1.82) is 0 Å². The monoisotopic (exact) mass is 253 g/mol. The maximum absolute atomic E-state index is 8.36. The topological polar surface area (TPSA) is 37.3 Å². The zero-order chi connectivity index (χ0) is 6.28. The normalized spacial score (nSPS) is 8.14. The van der Waals surface area contributed by atoms with Gasteiger partial charge < -0.3 is 5.11 Å². The summed E-state index contributed by atoms with van der Waals surface area (Å²) in [5, 5.41) is 6.89. The van der Waals surface area contributed by atoms with E-state index >= 15 is 0 Å². The Morgan fingerprint density at radius 2 is 1.43 bits per heavy atom. The van der Waals surface area contributed by atoms with E-state index in [1.165, 1.54) is 0 Å². The molecule has 47 valence electrons. The summed E-state index contributed by atoms with van der Waals surface area (Å²) in [5.41, 5.74) is 0. The minimum atomic E-state index is -1.75. The molecule has 0 aliphatic heterocycles. The maximum atomic E-state index is 8.36. The van der Waals surface area contributed by atoms with Crippen LogP contribution < -0.4 is 0 Å². The molecule has 0 spiro atoms. The number of halogens is 3. The van der Waals surface area contributed by atoms with Crippen molar-refractivity contribution in [1.82, 2.24) is 0 Å². The van der Waals surface area contributed by atoms with Gasteiger partial charge in [0.25, 0.3) is 6.47 Å². The van der Waals surface area contributed by atoms with Gasteiger partial charge >= 0.3 is 42.1 Å². The van der Waals surface area contributed by atoms with Gasteiger partial charge in [-0.15, -0.1) is 0 Å². The summed E-state index contributed by atoms with van der Waals surface area (Å²) in [6.07, 6.45) is 0.